The monoisotopic (exact) mass is 240 g/mol. The molecule has 0 aliphatic carbocycles. The Morgan fingerprint density at radius 3 is 2.77 bits per heavy atom. The van der Waals surface area contributed by atoms with E-state index in [1.807, 2.05) is 0 Å². The van der Waals surface area contributed by atoms with Crippen molar-refractivity contribution in [1.29, 1.82) is 0 Å². The lowest BCUT2D eigenvalue weighted by Gasteiger charge is -2.03. The Morgan fingerprint density at radius 2 is 2.23 bits per heavy atom. The third-order valence-electron chi connectivity index (χ3n) is 1.77. The summed E-state index contributed by atoms with van der Waals surface area (Å²) in [7, 11) is 0. The fourth-order valence-electron chi connectivity index (χ4n) is 1.11. The summed E-state index contributed by atoms with van der Waals surface area (Å²) in [5, 5.41) is 0. The van der Waals surface area contributed by atoms with Crippen molar-refractivity contribution in [2.24, 2.45) is 0 Å². The van der Waals surface area contributed by atoms with Crippen LogP contribution in [0, 0.1) is 0 Å². The summed E-state index contributed by atoms with van der Waals surface area (Å²) in [5.74, 6) is -0.0189. The fraction of sp³-hybridized carbons (Fsp3) is 0.200. The first-order valence-electron chi connectivity index (χ1n) is 3.97. The van der Waals surface area contributed by atoms with E-state index in [1.165, 1.54) is 0 Å². The fourth-order valence-corrected chi connectivity index (χ4v) is 1.71. The zero-order valence-electron chi connectivity index (χ0n) is 7.21. The third-order valence-corrected chi connectivity index (χ3v) is 2.43. The molecule has 0 radical (unpaired) electrons. The van der Waals surface area contributed by atoms with Crippen LogP contribution in [-0.4, -0.2) is 12.1 Å². The molecule has 0 atom stereocenters. The van der Waals surface area contributed by atoms with E-state index in [4.69, 9.17) is 0 Å². The van der Waals surface area contributed by atoms with E-state index in [2.05, 4.69) is 15.9 Å². The van der Waals surface area contributed by atoms with Crippen LogP contribution in [0.1, 0.15) is 34.1 Å². The predicted octanol–water partition coefficient (Wildman–Crippen LogP) is 2.85. The molecular weight excluding hydrogens is 232 g/mol. The molecule has 0 N–H and O–H groups in total. The van der Waals surface area contributed by atoms with Crippen LogP contribution in [0.4, 0.5) is 0 Å². The molecule has 0 amide bonds. The molecule has 0 saturated heterocycles. The average Bonchev–Trinajstić information content (AvgIpc) is 2.16. The summed E-state index contributed by atoms with van der Waals surface area (Å²) in [6, 6.07) is 5.14. The van der Waals surface area contributed by atoms with E-state index in [1.54, 1.807) is 25.1 Å². The van der Waals surface area contributed by atoms with Crippen LogP contribution in [0.3, 0.4) is 0 Å². The summed E-state index contributed by atoms with van der Waals surface area (Å²) in [4.78, 5) is 22.1. The zero-order valence-corrected chi connectivity index (χ0v) is 8.80. The van der Waals surface area contributed by atoms with Gasteiger partial charge in [0, 0.05) is 22.0 Å². The molecule has 13 heavy (non-hydrogen) atoms. The van der Waals surface area contributed by atoms with E-state index >= 15 is 0 Å². The Bertz CT molecular complexity index is 345. The molecule has 0 unspecified atom stereocenters. The Labute approximate surface area is 85.1 Å². The summed E-state index contributed by atoms with van der Waals surface area (Å²) >= 11 is 3.25. The van der Waals surface area contributed by atoms with Crippen molar-refractivity contribution in [1.82, 2.24) is 0 Å². The largest absolute Gasteiger partial charge is 0.298 e. The maximum Gasteiger partial charge on any atom is 0.164 e. The van der Waals surface area contributed by atoms with Gasteiger partial charge in [-0.15, -0.1) is 0 Å². The molecule has 0 aromatic heterocycles. The van der Waals surface area contributed by atoms with Crippen molar-refractivity contribution in [3.63, 3.8) is 0 Å². The SMILES string of the molecule is CCC(=O)c1c(Br)cccc1C=O. The minimum absolute atomic E-state index is 0.0189. The van der Waals surface area contributed by atoms with E-state index in [9.17, 15) is 9.59 Å². The summed E-state index contributed by atoms with van der Waals surface area (Å²) < 4.78 is 0.684. The Hall–Kier alpha value is -0.960. The van der Waals surface area contributed by atoms with E-state index in [0.29, 0.717) is 28.3 Å². The molecule has 0 bridgehead atoms. The standard InChI is InChI=1S/C10H9BrO2/c1-2-9(13)10-7(6-12)4-3-5-8(10)11/h3-6H,2H2,1H3. The Balaban J connectivity index is 3.30. The van der Waals surface area contributed by atoms with Crippen LogP contribution in [0.2, 0.25) is 0 Å². The molecule has 1 aromatic rings. The molecule has 2 nitrogen and oxygen atoms in total. The lowest BCUT2D eigenvalue weighted by atomic mass is 10.0. The zero-order chi connectivity index (χ0) is 9.84. The number of carbonyl (C=O) groups is 2. The highest BCUT2D eigenvalue weighted by molar-refractivity contribution is 9.10. The number of hydrogen-bond acceptors (Lipinski definition) is 2. The average molecular weight is 241 g/mol. The predicted molar refractivity (Wildman–Crippen MR) is 54.2 cm³/mol. The quantitative estimate of drug-likeness (QED) is 0.602. The lowest BCUT2D eigenvalue weighted by Crippen LogP contribution is -2.02. The van der Waals surface area contributed by atoms with Gasteiger partial charge in [-0.1, -0.05) is 35.0 Å². The number of benzene rings is 1. The van der Waals surface area contributed by atoms with Crippen LogP contribution >= 0.6 is 15.9 Å². The highest BCUT2D eigenvalue weighted by Gasteiger charge is 2.12. The summed E-state index contributed by atoms with van der Waals surface area (Å²) in [6.45, 7) is 1.77. The molecular formula is C10H9BrO2. The van der Waals surface area contributed by atoms with Crippen molar-refractivity contribution in [2.75, 3.05) is 0 Å². The van der Waals surface area contributed by atoms with Crippen LogP contribution in [0.5, 0.6) is 0 Å². The minimum Gasteiger partial charge on any atom is -0.298 e. The highest BCUT2D eigenvalue weighted by Crippen LogP contribution is 2.20. The van der Waals surface area contributed by atoms with Gasteiger partial charge in [0.1, 0.15) is 0 Å². The number of ketones is 1. The smallest absolute Gasteiger partial charge is 0.164 e. The maximum absolute atomic E-state index is 11.4. The van der Waals surface area contributed by atoms with Gasteiger partial charge in [0.25, 0.3) is 0 Å². The minimum atomic E-state index is -0.0189. The Kier molecular flexibility index (Phi) is 3.37. The third kappa shape index (κ3) is 2.04. The van der Waals surface area contributed by atoms with Gasteiger partial charge in [-0.3, -0.25) is 9.59 Å². The topological polar surface area (TPSA) is 34.1 Å². The van der Waals surface area contributed by atoms with Gasteiger partial charge >= 0.3 is 0 Å². The van der Waals surface area contributed by atoms with Crippen molar-refractivity contribution in [2.45, 2.75) is 13.3 Å². The number of hydrogen-bond donors (Lipinski definition) is 0. The van der Waals surface area contributed by atoms with Crippen molar-refractivity contribution < 1.29 is 9.59 Å². The molecule has 68 valence electrons. The molecule has 1 aromatic carbocycles. The summed E-state index contributed by atoms with van der Waals surface area (Å²) in [5.41, 5.74) is 0.932. The van der Waals surface area contributed by atoms with Gasteiger partial charge in [0.15, 0.2) is 12.1 Å². The maximum atomic E-state index is 11.4. The first kappa shape index (κ1) is 10.1. The first-order chi connectivity index (χ1) is 6.20. The molecule has 0 heterocycles. The van der Waals surface area contributed by atoms with Gasteiger partial charge < -0.3 is 0 Å². The molecule has 0 fully saturated rings. The van der Waals surface area contributed by atoms with Crippen LogP contribution in [0.15, 0.2) is 22.7 Å². The number of rotatable bonds is 3. The van der Waals surface area contributed by atoms with Crippen molar-refractivity contribution >= 4 is 28.0 Å². The van der Waals surface area contributed by atoms with E-state index < -0.39 is 0 Å². The highest BCUT2D eigenvalue weighted by atomic mass is 79.9. The lowest BCUT2D eigenvalue weighted by molar-refractivity contribution is 0.0981. The molecule has 0 aliphatic rings. The molecule has 0 spiro atoms. The van der Waals surface area contributed by atoms with E-state index in [-0.39, 0.29) is 5.78 Å². The van der Waals surface area contributed by atoms with Crippen molar-refractivity contribution in [3.05, 3.63) is 33.8 Å². The summed E-state index contributed by atoms with van der Waals surface area (Å²) in [6.07, 6.45) is 1.11. The normalized spacial score (nSPS) is 9.69. The second-order valence-corrected chi connectivity index (χ2v) is 3.45. The second kappa shape index (κ2) is 4.33. The van der Waals surface area contributed by atoms with Crippen LogP contribution in [0.25, 0.3) is 0 Å². The van der Waals surface area contributed by atoms with Gasteiger partial charge in [-0.05, 0) is 6.07 Å². The molecule has 1 rings (SSSR count). The van der Waals surface area contributed by atoms with Gasteiger partial charge in [-0.25, -0.2) is 0 Å². The van der Waals surface area contributed by atoms with Gasteiger partial charge in [0.2, 0.25) is 0 Å². The number of carbonyl (C=O) groups excluding carboxylic acids is 2. The second-order valence-electron chi connectivity index (χ2n) is 2.60. The number of aldehydes is 1. The molecule has 3 heteroatoms. The number of Topliss-reactive ketones (excluding diaryl/α,β-unsaturated/α-hetero) is 1. The molecule has 0 aliphatic heterocycles. The van der Waals surface area contributed by atoms with Crippen LogP contribution < -0.4 is 0 Å². The van der Waals surface area contributed by atoms with Gasteiger partial charge in [-0.2, -0.15) is 0 Å². The first-order valence-corrected chi connectivity index (χ1v) is 4.77. The molecule has 0 saturated carbocycles. The number of halogens is 1. The van der Waals surface area contributed by atoms with E-state index in [0.717, 1.165) is 0 Å². The Morgan fingerprint density at radius 1 is 1.54 bits per heavy atom. The van der Waals surface area contributed by atoms with Crippen LogP contribution in [-0.2, 0) is 0 Å². The van der Waals surface area contributed by atoms with Crippen molar-refractivity contribution in [3.8, 4) is 0 Å². The van der Waals surface area contributed by atoms with Gasteiger partial charge in [0.05, 0.1) is 0 Å².